The standard InChI is InChI=1S/C12H17NO.ClH/c1-3-7-11(13-2)12(14)10-8-5-4-6-9-10;/h4-6,8-9,11,13H,3,7H2,1-2H3;1H/i2+1D3;. The van der Waals surface area contributed by atoms with Crippen LogP contribution in [0.2, 0.25) is 0 Å². The van der Waals surface area contributed by atoms with Crippen LogP contribution < -0.4 is 5.32 Å². The minimum absolute atomic E-state index is 0. The Hall–Kier alpha value is -0.860. The van der Waals surface area contributed by atoms with Crippen molar-refractivity contribution in [1.29, 1.82) is 0 Å². The first-order chi connectivity index (χ1) is 7.94. The van der Waals surface area contributed by atoms with Crippen molar-refractivity contribution in [3.8, 4) is 0 Å². The van der Waals surface area contributed by atoms with Crippen LogP contribution in [-0.4, -0.2) is 18.8 Å². The number of carbonyl (C=O) groups excluding carboxylic acids is 1. The van der Waals surface area contributed by atoms with Crippen molar-refractivity contribution in [1.82, 2.24) is 5.32 Å². The van der Waals surface area contributed by atoms with E-state index in [1.165, 1.54) is 0 Å². The van der Waals surface area contributed by atoms with Crippen molar-refractivity contribution in [2.24, 2.45) is 0 Å². The molecule has 1 unspecified atom stereocenters. The van der Waals surface area contributed by atoms with Gasteiger partial charge in [-0.2, -0.15) is 0 Å². The van der Waals surface area contributed by atoms with Crippen molar-refractivity contribution in [3.63, 3.8) is 0 Å². The molecule has 0 heterocycles. The minimum atomic E-state index is -2.29. The molecule has 0 radical (unpaired) electrons. The fraction of sp³-hybridized carbons (Fsp3) is 0.417. The van der Waals surface area contributed by atoms with E-state index >= 15 is 0 Å². The molecule has 0 bridgehead atoms. The summed E-state index contributed by atoms with van der Waals surface area (Å²) in [5.74, 6) is -0.163. The molecule has 3 heteroatoms. The van der Waals surface area contributed by atoms with Gasteiger partial charge in [-0.3, -0.25) is 4.79 Å². The van der Waals surface area contributed by atoms with E-state index < -0.39 is 13.0 Å². The molecule has 0 saturated carbocycles. The van der Waals surface area contributed by atoms with Crippen molar-refractivity contribution in [2.45, 2.75) is 25.8 Å². The summed E-state index contributed by atoms with van der Waals surface area (Å²) < 4.78 is 21.5. The smallest absolute Gasteiger partial charge is 0.179 e. The predicted molar refractivity (Wildman–Crippen MR) is 65.8 cm³/mol. The molecule has 1 aromatic carbocycles. The summed E-state index contributed by atoms with van der Waals surface area (Å²) in [6.45, 7) is -0.364. The molecule has 0 aliphatic rings. The third-order valence-electron chi connectivity index (χ3n) is 2.13. The van der Waals surface area contributed by atoms with E-state index in [4.69, 9.17) is 4.11 Å². The number of hydrogen-bond acceptors (Lipinski definition) is 2. The zero-order chi connectivity index (χ0) is 12.9. The lowest BCUT2D eigenvalue weighted by atomic mass is 10.0. The molecule has 0 aromatic heterocycles. The Morgan fingerprint density at radius 3 is 2.67 bits per heavy atom. The Morgan fingerprint density at radius 2 is 2.13 bits per heavy atom. The van der Waals surface area contributed by atoms with E-state index in [2.05, 4.69) is 5.32 Å². The van der Waals surface area contributed by atoms with E-state index in [9.17, 15) is 4.79 Å². The lowest BCUT2D eigenvalue weighted by molar-refractivity contribution is 0.0942. The second kappa shape index (κ2) is 7.43. The van der Waals surface area contributed by atoms with Gasteiger partial charge in [-0.05, 0) is 13.4 Å². The summed E-state index contributed by atoms with van der Waals surface area (Å²) in [5.41, 5.74) is 0.544. The van der Waals surface area contributed by atoms with Crippen LogP contribution in [0, 0.1) is 0 Å². The highest BCUT2D eigenvalue weighted by molar-refractivity contribution is 6.00. The number of halogens is 1. The van der Waals surface area contributed by atoms with Gasteiger partial charge in [0.1, 0.15) is 0 Å². The third kappa shape index (κ3) is 4.02. The maximum Gasteiger partial charge on any atom is 0.179 e. The Bertz CT molecular complexity index is 367. The van der Waals surface area contributed by atoms with Crippen LogP contribution in [0.3, 0.4) is 0 Å². The van der Waals surface area contributed by atoms with E-state index in [1.807, 2.05) is 13.0 Å². The first-order valence-electron chi connectivity index (χ1n) is 6.31. The maximum atomic E-state index is 12.1. The summed E-state index contributed by atoms with van der Waals surface area (Å²) in [6.07, 6.45) is 1.28. The highest BCUT2D eigenvalue weighted by atomic mass is 35.5. The van der Waals surface area contributed by atoms with Crippen LogP contribution in [0.1, 0.15) is 34.2 Å². The Labute approximate surface area is 102 Å². The molecule has 1 rings (SSSR count). The fourth-order valence-corrected chi connectivity index (χ4v) is 1.36. The SMILES string of the molecule is Cl.[2H][13C]([2H])([2H])NC(CCC)C(=O)c1ccccc1. The van der Waals surface area contributed by atoms with Crippen molar-refractivity contribution >= 4 is 18.2 Å². The van der Waals surface area contributed by atoms with Crippen molar-refractivity contribution in [3.05, 3.63) is 35.9 Å². The van der Waals surface area contributed by atoms with Gasteiger partial charge in [-0.25, -0.2) is 0 Å². The van der Waals surface area contributed by atoms with Gasteiger partial charge in [0.2, 0.25) is 0 Å². The number of benzene rings is 1. The van der Waals surface area contributed by atoms with Crippen LogP contribution in [-0.2, 0) is 0 Å². The van der Waals surface area contributed by atoms with Crippen LogP contribution in [0.5, 0.6) is 0 Å². The number of nitrogens with one attached hydrogen (secondary N) is 1. The molecule has 0 spiro atoms. The molecule has 84 valence electrons. The van der Waals surface area contributed by atoms with Crippen molar-refractivity contribution < 1.29 is 8.91 Å². The minimum Gasteiger partial charge on any atom is -0.310 e. The van der Waals surface area contributed by atoms with Gasteiger partial charge in [-0.15, -0.1) is 12.4 Å². The van der Waals surface area contributed by atoms with E-state index in [-0.39, 0.29) is 18.2 Å². The number of likely N-dealkylation sites (N-methyl/N-ethyl adjacent to an activating group) is 1. The Morgan fingerprint density at radius 1 is 1.47 bits per heavy atom. The molecule has 1 aromatic rings. The van der Waals surface area contributed by atoms with Crippen LogP contribution >= 0.6 is 12.4 Å². The molecular weight excluding hydrogens is 211 g/mol. The van der Waals surface area contributed by atoms with Crippen molar-refractivity contribution in [2.75, 3.05) is 6.98 Å². The first-order valence-corrected chi connectivity index (χ1v) is 4.81. The summed E-state index contributed by atoms with van der Waals surface area (Å²) >= 11 is 0. The average molecular weight is 232 g/mol. The van der Waals surface area contributed by atoms with E-state index in [1.54, 1.807) is 24.3 Å². The summed E-state index contributed by atoms with van der Waals surface area (Å²) in [5, 5.41) is 2.41. The second-order valence-corrected chi connectivity index (χ2v) is 3.22. The normalized spacial score (nSPS) is 15.4. The average Bonchev–Trinajstić information content (AvgIpc) is 2.27. The van der Waals surface area contributed by atoms with Gasteiger partial charge in [0.15, 0.2) is 5.78 Å². The third-order valence-corrected chi connectivity index (χ3v) is 2.13. The van der Waals surface area contributed by atoms with E-state index in [0.717, 1.165) is 6.42 Å². The number of rotatable bonds is 5. The molecule has 2 nitrogen and oxygen atoms in total. The maximum absolute atomic E-state index is 12.1. The molecule has 0 amide bonds. The molecule has 15 heavy (non-hydrogen) atoms. The fourth-order valence-electron chi connectivity index (χ4n) is 1.36. The summed E-state index contributed by atoms with van der Waals surface area (Å²) in [6, 6.07) is 8.12. The van der Waals surface area contributed by atoms with E-state index in [0.29, 0.717) is 12.0 Å². The number of Topliss-reactive ketones (excluding diaryl/α,β-unsaturated/α-hetero) is 1. The lowest BCUT2D eigenvalue weighted by Gasteiger charge is -2.13. The molecule has 0 aliphatic carbocycles. The first kappa shape index (κ1) is 9.37. The molecular formula is C12H18ClNO. The molecule has 1 atom stereocenters. The van der Waals surface area contributed by atoms with Gasteiger partial charge < -0.3 is 5.32 Å². The summed E-state index contributed by atoms with van der Waals surface area (Å²) in [4.78, 5) is 12.1. The molecule has 1 N–H and O–H groups in total. The lowest BCUT2D eigenvalue weighted by Crippen LogP contribution is -2.33. The van der Waals surface area contributed by atoms with Gasteiger partial charge in [0.05, 0.1) is 6.04 Å². The molecule has 0 fully saturated rings. The predicted octanol–water partition coefficient (Wildman–Crippen LogP) is 2.68. The Balaban J connectivity index is 0.00000289. The Kier molecular flexibility index (Phi) is 4.64. The van der Waals surface area contributed by atoms with Crippen LogP contribution in [0.4, 0.5) is 0 Å². The number of hydrogen-bond donors (Lipinski definition) is 1. The highest BCUT2D eigenvalue weighted by Gasteiger charge is 2.16. The molecule has 0 aliphatic heterocycles. The second-order valence-electron chi connectivity index (χ2n) is 3.22. The van der Waals surface area contributed by atoms with Gasteiger partial charge >= 0.3 is 0 Å². The molecule has 0 saturated heterocycles. The largest absolute Gasteiger partial charge is 0.310 e. The topological polar surface area (TPSA) is 29.1 Å². The van der Waals surface area contributed by atoms with Gasteiger partial charge in [0, 0.05) is 9.68 Å². The number of ketones is 1. The zero-order valence-corrected chi connectivity index (χ0v) is 9.51. The van der Waals surface area contributed by atoms with Crippen LogP contribution in [0.25, 0.3) is 0 Å². The van der Waals surface area contributed by atoms with Gasteiger partial charge in [0.25, 0.3) is 0 Å². The van der Waals surface area contributed by atoms with Crippen LogP contribution in [0.15, 0.2) is 30.3 Å². The highest BCUT2D eigenvalue weighted by Crippen LogP contribution is 2.07. The number of carbonyl (C=O) groups is 1. The quantitative estimate of drug-likeness (QED) is 0.624. The monoisotopic (exact) mass is 231 g/mol. The summed E-state index contributed by atoms with van der Waals surface area (Å²) in [7, 11) is 0. The zero-order valence-electron chi connectivity index (χ0n) is 11.7. The van der Waals surface area contributed by atoms with Gasteiger partial charge in [-0.1, -0.05) is 43.7 Å².